The first-order valence-corrected chi connectivity index (χ1v) is 7.51. The number of carbonyl (C=O) groups is 1. The molecule has 1 fully saturated rings. The second kappa shape index (κ2) is 6.33. The third-order valence-corrected chi connectivity index (χ3v) is 3.45. The van der Waals surface area contributed by atoms with E-state index in [0.717, 1.165) is 25.2 Å². The molecule has 0 spiro atoms. The number of ether oxygens (including phenoxy) is 1. The molecule has 1 aromatic heterocycles. The summed E-state index contributed by atoms with van der Waals surface area (Å²) in [7, 11) is 0. The topological polar surface area (TPSA) is 54.5 Å². The van der Waals surface area contributed by atoms with Gasteiger partial charge in [-0.3, -0.25) is 0 Å². The van der Waals surface area contributed by atoms with E-state index in [2.05, 4.69) is 28.2 Å². The van der Waals surface area contributed by atoms with Crippen LogP contribution in [0.4, 0.5) is 10.6 Å². The molecule has 1 aromatic rings. The van der Waals surface area contributed by atoms with E-state index in [1.807, 2.05) is 33.0 Å². The van der Waals surface area contributed by atoms with Gasteiger partial charge >= 0.3 is 6.09 Å². The lowest BCUT2D eigenvalue weighted by molar-refractivity contribution is 0.0525. The number of amides is 1. The van der Waals surface area contributed by atoms with Gasteiger partial charge in [-0.05, 0) is 58.2 Å². The van der Waals surface area contributed by atoms with Gasteiger partial charge in [-0.25, -0.2) is 9.78 Å². The zero-order valence-electron chi connectivity index (χ0n) is 13.3. The number of alkyl carbamates (subject to hydrolysis) is 1. The Morgan fingerprint density at radius 2 is 2.29 bits per heavy atom. The molecule has 1 N–H and O–H groups in total. The molecular formula is C16H25N3O2. The largest absolute Gasteiger partial charge is 0.444 e. The van der Waals surface area contributed by atoms with Crippen LogP contribution in [0.2, 0.25) is 0 Å². The fraction of sp³-hybridized carbons (Fsp3) is 0.625. The van der Waals surface area contributed by atoms with Crippen LogP contribution >= 0.6 is 0 Å². The van der Waals surface area contributed by atoms with Gasteiger partial charge in [0.2, 0.25) is 0 Å². The van der Waals surface area contributed by atoms with Crippen molar-refractivity contribution in [1.82, 2.24) is 10.3 Å². The SMILES string of the molecule is Cc1ccnc(N2CCC[C@@H]2CNC(=O)OC(C)(C)C)c1. The lowest BCUT2D eigenvalue weighted by atomic mass is 10.2. The Kier molecular flexibility index (Phi) is 4.70. The van der Waals surface area contributed by atoms with Crippen LogP contribution in [0.25, 0.3) is 0 Å². The van der Waals surface area contributed by atoms with Gasteiger partial charge in [-0.15, -0.1) is 0 Å². The maximum absolute atomic E-state index is 11.7. The van der Waals surface area contributed by atoms with Crippen molar-refractivity contribution in [1.29, 1.82) is 0 Å². The normalized spacial score (nSPS) is 18.7. The molecule has 0 aromatic carbocycles. The number of hydrogen-bond donors (Lipinski definition) is 1. The lowest BCUT2D eigenvalue weighted by Gasteiger charge is -2.27. The Morgan fingerprint density at radius 1 is 1.52 bits per heavy atom. The number of rotatable bonds is 3. The molecule has 5 heteroatoms. The predicted octanol–water partition coefficient (Wildman–Crippen LogP) is 2.88. The second-order valence-corrected chi connectivity index (χ2v) is 6.56. The van der Waals surface area contributed by atoms with Gasteiger partial charge in [-0.1, -0.05) is 0 Å². The van der Waals surface area contributed by atoms with Crippen LogP contribution in [-0.4, -0.2) is 35.8 Å². The van der Waals surface area contributed by atoms with E-state index in [9.17, 15) is 4.79 Å². The van der Waals surface area contributed by atoms with Crippen molar-refractivity contribution in [3.8, 4) is 0 Å². The van der Waals surface area contributed by atoms with Gasteiger partial charge in [0.1, 0.15) is 11.4 Å². The Hall–Kier alpha value is -1.78. The van der Waals surface area contributed by atoms with Gasteiger partial charge < -0.3 is 15.0 Å². The van der Waals surface area contributed by atoms with Crippen molar-refractivity contribution >= 4 is 11.9 Å². The van der Waals surface area contributed by atoms with Crippen LogP contribution in [0.3, 0.4) is 0 Å². The Labute approximate surface area is 126 Å². The number of pyridine rings is 1. The summed E-state index contributed by atoms with van der Waals surface area (Å²) in [5, 5.41) is 2.86. The number of aromatic nitrogens is 1. The van der Waals surface area contributed by atoms with Crippen molar-refractivity contribution in [3.05, 3.63) is 23.9 Å². The zero-order chi connectivity index (χ0) is 15.5. The average Bonchev–Trinajstić information content (AvgIpc) is 2.82. The summed E-state index contributed by atoms with van der Waals surface area (Å²) in [4.78, 5) is 18.5. The first kappa shape index (κ1) is 15.6. The molecule has 1 atom stereocenters. The Morgan fingerprint density at radius 3 is 2.95 bits per heavy atom. The molecule has 0 aliphatic carbocycles. The van der Waals surface area contributed by atoms with E-state index in [4.69, 9.17) is 4.74 Å². The summed E-state index contributed by atoms with van der Waals surface area (Å²) >= 11 is 0. The minimum Gasteiger partial charge on any atom is -0.444 e. The van der Waals surface area contributed by atoms with Crippen molar-refractivity contribution in [3.63, 3.8) is 0 Å². The molecule has 1 aliphatic heterocycles. The van der Waals surface area contributed by atoms with Gasteiger partial charge in [0, 0.05) is 25.3 Å². The smallest absolute Gasteiger partial charge is 0.407 e. The Bertz CT molecular complexity index is 497. The van der Waals surface area contributed by atoms with E-state index in [1.54, 1.807) is 0 Å². The minimum absolute atomic E-state index is 0.284. The fourth-order valence-corrected chi connectivity index (χ4v) is 2.54. The van der Waals surface area contributed by atoms with Gasteiger partial charge in [0.05, 0.1) is 0 Å². The quantitative estimate of drug-likeness (QED) is 0.930. The van der Waals surface area contributed by atoms with Crippen molar-refractivity contribution < 1.29 is 9.53 Å². The average molecular weight is 291 g/mol. The number of carbonyl (C=O) groups excluding carboxylic acids is 1. The fourth-order valence-electron chi connectivity index (χ4n) is 2.54. The van der Waals surface area contributed by atoms with Crippen LogP contribution in [0.15, 0.2) is 18.3 Å². The third kappa shape index (κ3) is 4.62. The number of hydrogen-bond acceptors (Lipinski definition) is 4. The molecular weight excluding hydrogens is 266 g/mol. The van der Waals surface area contributed by atoms with Crippen LogP contribution in [0, 0.1) is 6.92 Å². The standard InChI is InChI=1S/C16H25N3O2/c1-12-7-8-17-14(10-12)19-9-5-6-13(19)11-18-15(20)21-16(2,3)4/h7-8,10,13H,5-6,9,11H2,1-4H3,(H,18,20)/t13-/m1/s1. The molecule has 2 rings (SSSR count). The highest BCUT2D eigenvalue weighted by Crippen LogP contribution is 2.23. The monoisotopic (exact) mass is 291 g/mol. The zero-order valence-corrected chi connectivity index (χ0v) is 13.3. The molecule has 0 radical (unpaired) electrons. The van der Waals surface area contributed by atoms with E-state index < -0.39 is 5.60 Å². The van der Waals surface area contributed by atoms with Crippen molar-refractivity contribution in [2.45, 2.75) is 52.2 Å². The predicted molar refractivity (Wildman–Crippen MR) is 83.6 cm³/mol. The summed E-state index contributed by atoms with van der Waals surface area (Å²) in [5.41, 5.74) is 0.739. The summed E-state index contributed by atoms with van der Waals surface area (Å²) in [5.74, 6) is 0.989. The lowest BCUT2D eigenvalue weighted by Crippen LogP contribution is -2.42. The van der Waals surface area contributed by atoms with E-state index in [1.165, 1.54) is 5.56 Å². The summed E-state index contributed by atoms with van der Waals surface area (Å²) in [6, 6.07) is 4.37. The summed E-state index contributed by atoms with van der Waals surface area (Å²) in [6.45, 7) is 9.23. The van der Waals surface area contributed by atoms with Crippen molar-refractivity contribution in [2.75, 3.05) is 18.0 Å². The van der Waals surface area contributed by atoms with Crippen LogP contribution in [0.1, 0.15) is 39.2 Å². The van der Waals surface area contributed by atoms with Crippen LogP contribution < -0.4 is 10.2 Å². The number of anilines is 1. The first-order chi connectivity index (χ1) is 9.85. The van der Waals surface area contributed by atoms with Crippen molar-refractivity contribution in [2.24, 2.45) is 0 Å². The van der Waals surface area contributed by atoms with Gasteiger partial charge in [-0.2, -0.15) is 0 Å². The highest BCUT2D eigenvalue weighted by Gasteiger charge is 2.26. The molecule has 1 aliphatic rings. The van der Waals surface area contributed by atoms with Gasteiger partial charge in [0.15, 0.2) is 0 Å². The molecule has 1 amide bonds. The summed E-state index contributed by atoms with van der Waals surface area (Å²) < 4.78 is 5.27. The number of nitrogens with one attached hydrogen (secondary N) is 1. The van der Waals surface area contributed by atoms with Crippen LogP contribution in [0.5, 0.6) is 0 Å². The van der Waals surface area contributed by atoms with E-state index >= 15 is 0 Å². The van der Waals surface area contributed by atoms with Gasteiger partial charge in [0.25, 0.3) is 0 Å². The molecule has 0 saturated carbocycles. The van der Waals surface area contributed by atoms with Crippen LogP contribution in [-0.2, 0) is 4.74 Å². The van der Waals surface area contributed by atoms with E-state index in [0.29, 0.717) is 6.54 Å². The second-order valence-electron chi connectivity index (χ2n) is 6.56. The first-order valence-electron chi connectivity index (χ1n) is 7.51. The summed E-state index contributed by atoms with van der Waals surface area (Å²) in [6.07, 6.45) is 3.66. The Balaban J connectivity index is 1.92. The third-order valence-electron chi connectivity index (χ3n) is 3.45. The highest BCUT2D eigenvalue weighted by atomic mass is 16.6. The minimum atomic E-state index is -0.461. The highest BCUT2D eigenvalue weighted by molar-refractivity contribution is 5.67. The van der Waals surface area contributed by atoms with E-state index in [-0.39, 0.29) is 12.1 Å². The number of aryl methyl sites for hydroxylation is 1. The maximum atomic E-state index is 11.7. The molecule has 21 heavy (non-hydrogen) atoms. The molecule has 2 heterocycles. The molecule has 116 valence electrons. The molecule has 1 saturated heterocycles. The number of nitrogens with zero attached hydrogens (tertiary/aromatic N) is 2. The maximum Gasteiger partial charge on any atom is 0.407 e. The molecule has 0 bridgehead atoms. The molecule has 5 nitrogen and oxygen atoms in total. The molecule has 0 unspecified atom stereocenters.